The van der Waals surface area contributed by atoms with Crippen molar-refractivity contribution in [2.75, 3.05) is 0 Å². The minimum atomic E-state index is -8.70. The lowest BCUT2D eigenvalue weighted by Crippen LogP contribution is -2.74. The lowest BCUT2D eigenvalue weighted by atomic mass is 9.87. The van der Waals surface area contributed by atoms with Gasteiger partial charge in [-0.25, -0.2) is 4.79 Å². The first-order chi connectivity index (χ1) is 14.7. The number of halogens is 17. The molecule has 19 heteroatoms. The Bertz CT molecular complexity index is 914. The second-order valence-electron chi connectivity index (χ2n) is 6.40. The van der Waals surface area contributed by atoms with Crippen molar-refractivity contribution < 1.29 is 84.5 Å². The van der Waals surface area contributed by atoms with Crippen LogP contribution < -0.4 is 0 Å². The first kappa shape index (κ1) is 29.5. The molecular formula is C15H5F17O2. The summed E-state index contributed by atoms with van der Waals surface area (Å²) in [4.78, 5) is 10.6. The summed E-state index contributed by atoms with van der Waals surface area (Å²) in [5, 5.41) is 8.51. The van der Waals surface area contributed by atoms with E-state index in [0.717, 1.165) is 0 Å². The van der Waals surface area contributed by atoms with Crippen molar-refractivity contribution in [3.8, 4) is 0 Å². The quantitative estimate of drug-likeness (QED) is 0.367. The molecule has 1 aromatic carbocycles. The molecule has 0 aliphatic rings. The van der Waals surface area contributed by atoms with Crippen LogP contribution in [0.3, 0.4) is 0 Å². The molecule has 0 heterocycles. The van der Waals surface area contributed by atoms with Gasteiger partial charge in [-0.05, 0) is 12.1 Å². The fraction of sp³-hybridized carbons (Fsp3) is 0.533. The molecule has 196 valence electrons. The van der Waals surface area contributed by atoms with Gasteiger partial charge in [-0.2, -0.15) is 74.6 Å². The van der Waals surface area contributed by atoms with Gasteiger partial charge >= 0.3 is 53.6 Å². The minimum Gasteiger partial charge on any atom is -0.478 e. The van der Waals surface area contributed by atoms with Crippen molar-refractivity contribution in [3.05, 3.63) is 35.4 Å². The number of carboxylic acid groups (broad SMARTS) is 1. The molecule has 0 aliphatic heterocycles. The minimum absolute atomic E-state index is 0.00455. The number of aromatic carboxylic acids is 1. The number of alkyl halides is 17. The van der Waals surface area contributed by atoms with Crippen LogP contribution in [0.25, 0.3) is 0 Å². The molecule has 0 unspecified atom stereocenters. The van der Waals surface area contributed by atoms with Crippen LogP contribution in [-0.4, -0.2) is 52.8 Å². The maximum Gasteiger partial charge on any atom is 0.460 e. The number of rotatable bonds is 8. The second kappa shape index (κ2) is 7.76. The Morgan fingerprint density at radius 1 is 0.500 bits per heavy atom. The fourth-order valence-electron chi connectivity index (χ4n) is 2.17. The average Bonchev–Trinajstić information content (AvgIpc) is 2.66. The fourth-order valence-corrected chi connectivity index (χ4v) is 2.17. The Hall–Kier alpha value is -2.50. The van der Waals surface area contributed by atoms with Gasteiger partial charge in [0.15, 0.2) is 0 Å². The summed E-state index contributed by atoms with van der Waals surface area (Å²) >= 11 is 0. The van der Waals surface area contributed by atoms with E-state index in [9.17, 15) is 79.4 Å². The van der Waals surface area contributed by atoms with E-state index in [4.69, 9.17) is 5.11 Å². The van der Waals surface area contributed by atoms with Gasteiger partial charge in [0.1, 0.15) is 0 Å². The molecule has 0 fully saturated rings. The smallest absolute Gasteiger partial charge is 0.460 e. The SMILES string of the molecule is O=C(O)c1ccc(C(F)(F)C(F)(F)C(F)(F)C(F)(F)C(F)(F)C(F)(F)C(F)(F)C(F)(F)F)cc1. The van der Waals surface area contributed by atoms with Crippen LogP contribution in [-0.2, 0) is 5.92 Å². The number of carboxylic acids is 1. The summed E-state index contributed by atoms with van der Waals surface area (Å²) in [5.74, 6) is -59.1. The van der Waals surface area contributed by atoms with Crippen LogP contribution >= 0.6 is 0 Å². The predicted octanol–water partition coefficient (Wildman–Crippen LogP) is 6.85. The average molecular weight is 540 g/mol. The number of hydrogen-bond acceptors (Lipinski definition) is 1. The van der Waals surface area contributed by atoms with Gasteiger partial charge in [0, 0.05) is 5.56 Å². The molecule has 0 amide bonds. The third kappa shape index (κ3) is 3.70. The van der Waals surface area contributed by atoms with Crippen LogP contribution in [0.2, 0.25) is 0 Å². The topological polar surface area (TPSA) is 37.3 Å². The largest absolute Gasteiger partial charge is 0.478 e. The lowest BCUT2D eigenvalue weighted by Gasteiger charge is -2.42. The van der Waals surface area contributed by atoms with Crippen molar-refractivity contribution in [1.82, 2.24) is 0 Å². The van der Waals surface area contributed by atoms with Crippen LogP contribution in [0.5, 0.6) is 0 Å². The van der Waals surface area contributed by atoms with E-state index in [1.54, 1.807) is 0 Å². The Morgan fingerprint density at radius 2 is 0.794 bits per heavy atom. The van der Waals surface area contributed by atoms with Crippen LogP contribution in [0.4, 0.5) is 74.6 Å². The van der Waals surface area contributed by atoms with Crippen molar-refractivity contribution >= 4 is 5.97 Å². The number of benzene rings is 1. The highest BCUT2D eigenvalue weighted by molar-refractivity contribution is 5.87. The molecule has 34 heavy (non-hydrogen) atoms. The Kier molecular flexibility index (Phi) is 6.74. The van der Waals surface area contributed by atoms with Gasteiger partial charge in [0.05, 0.1) is 5.56 Å². The van der Waals surface area contributed by atoms with Gasteiger partial charge < -0.3 is 5.11 Å². The zero-order chi connectivity index (χ0) is 27.6. The third-order valence-electron chi connectivity index (χ3n) is 4.22. The Balaban J connectivity index is 3.69. The van der Waals surface area contributed by atoms with Crippen molar-refractivity contribution in [3.63, 3.8) is 0 Å². The highest BCUT2D eigenvalue weighted by Crippen LogP contribution is 2.65. The third-order valence-corrected chi connectivity index (χ3v) is 4.22. The Labute approximate surface area is 174 Å². The molecule has 0 radical (unpaired) electrons. The molecular weight excluding hydrogens is 535 g/mol. The van der Waals surface area contributed by atoms with Gasteiger partial charge in [-0.3, -0.25) is 0 Å². The summed E-state index contributed by atoms with van der Waals surface area (Å²) in [5.41, 5.74) is -3.46. The molecule has 1 N–H and O–H groups in total. The van der Waals surface area contributed by atoms with E-state index < -0.39 is 76.9 Å². The van der Waals surface area contributed by atoms with Crippen molar-refractivity contribution in [2.24, 2.45) is 0 Å². The summed E-state index contributed by atoms with van der Waals surface area (Å²) in [7, 11) is 0. The van der Waals surface area contributed by atoms with Gasteiger partial charge in [0.2, 0.25) is 0 Å². The van der Waals surface area contributed by atoms with Crippen molar-refractivity contribution in [2.45, 2.75) is 47.6 Å². The molecule has 0 saturated heterocycles. The lowest BCUT2D eigenvalue weighted by molar-refractivity contribution is -0.462. The van der Waals surface area contributed by atoms with E-state index in [1.807, 2.05) is 0 Å². The first-order valence-electron chi connectivity index (χ1n) is 7.71. The molecule has 0 spiro atoms. The van der Waals surface area contributed by atoms with E-state index in [2.05, 4.69) is 0 Å². The monoisotopic (exact) mass is 540 g/mol. The molecule has 2 nitrogen and oxygen atoms in total. The highest BCUT2D eigenvalue weighted by atomic mass is 19.4. The van der Waals surface area contributed by atoms with Gasteiger partial charge in [-0.15, -0.1) is 0 Å². The van der Waals surface area contributed by atoms with Crippen LogP contribution in [0, 0.1) is 0 Å². The maximum atomic E-state index is 13.9. The van der Waals surface area contributed by atoms with Crippen LogP contribution in [0.15, 0.2) is 24.3 Å². The molecule has 1 aromatic rings. The maximum absolute atomic E-state index is 13.9. The van der Waals surface area contributed by atoms with Gasteiger partial charge in [0.25, 0.3) is 0 Å². The summed E-state index contributed by atoms with van der Waals surface area (Å²) < 4.78 is 224. The molecule has 1 rings (SSSR count). The van der Waals surface area contributed by atoms with Gasteiger partial charge in [-0.1, -0.05) is 12.1 Å². The normalized spacial score (nSPS) is 15.4. The molecule has 0 aliphatic carbocycles. The standard InChI is InChI=1S/C15H5F17O2/c16-8(17,6-3-1-5(2-4-6)7(33)34)9(18,19)10(20,21)11(22,23)12(24,25)13(26,27)14(28,29)15(30,31)32/h1-4H,(H,33,34). The highest BCUT2D eigenvalue weighted by Gasteiger charge is 2.95. The van der Waals surface area contributed by atoms with E-state index in [-0.39, 0.29) is 12.1 Å². The summed E-state index contributed by atoms with van der Waals surface area (Å²) in [6.45, 7) is 0. The molecule has 0 atom stereocenters. The second-order valence-corrected chi connectivity index (χ2v) is 6.40. The zero-order valence-corrected chi connectivity index (χ0v) is 15.1. The summed E-state index contributed by atoms with van der Waals surface area (Å²) in [6.07, 6.45) is -7.82. The molecule has 0 bridgehead atoms. The molecule has 0 saturated carbocycles. The zero-order valence-electron chi connectivity index (χ0n) is 15.1. The number of carbonyl (C=O) groups is 1. The van der Waals surface area contributed by atoms with Crippen LogP contribution in [0.1, 0.15) is 15.9 Å². The number of hydrogen-bond donors (Lipinski definition) is 1. The van der Waals surface area contributed by atoms with Crippen molar-refractivity contribution in [1.29, 1.82) is 0 Å². The Morgan fingerprint density at radius 3 is 1.09 bits per heavy atom. The predicted molar refractivity (Wildman–Crippen MR) is 73.0 cm³/mol. The van der Waals surface area contributed by atoms with E-state index in [0.29, 0.717) is 0 Å². The summed E-state index contributed by atoms with van der Waals surface area (Å²) in [6, 6.07) is -0.804. The van der Waals surface area contributed by atoms with E-state index >= 15 is 0 Å². The van der Waals surface area contributed by atoms with E-state index in [1.165, 1.54) is 0 Å². The first-order valence-corrected chi connectivity index (χ1v) is 7.71. The molecule has 0 aromatic heterocycles.